The molecule has 2 amide bonds. The van der Waals surface area contributed by atoms with Crippen LogP contribution in [-0.2, 0) is 22.2 Å². The molecule has 2 N–H and O–H groups in total. The van der Waals surface area contributed by atoms with E-state index in [-0.39, 0.29) is 30.2 Å². The highest BCUT2D eigenvalue weighted by atomic mass is 19.4. The van der Waals surface area contributed by atoms with Crippen LogP contribution in [0.15, 0.2) is 24.3 Å². The van der Waals surface area contributed by atoms with Crippen molar-refractivity contribution in [3.05, 3.63) is 35.4 Å². The molecule has 2 rings (SSSR count). The molecular formula is C18H23F3N2O2. The number of nitrogens with one attached hydrogen (secondary N) is 2. The Morgan fingerprint density at radius 1 is 1.28 bits per heavy atom. The Hall–Kier alpha value is -2.05. The number of rotatable bonds is 4. The van der Waals surface area contributed by atoms with Crippen molar-refractivity contribution < 1.29 is 22.8 Å². The van der Waals surface area contributed by atoms with Crippen LogP contribution in [0.3, 0.4) is 0 Å². The van der Waals surface area contributed by atoms with E-state index in [0.29, 0.717) is 6.42 Å². The van der Waals surface area contributed by atoms with Crippen LogP contribution in [0, 0.1) is 5.41 Å². The second-order valence-corrected chi connectivity index (χ2v) is 7.45. The minimum Gasteiger partial charge on any atom is -0.351 e. The molecule has 0 aromatic heterocycles. The Morgan fingerprint density at radius 3 is 2.44 bits per heavy atom. The molecular weight excluding hydrogens is 333 g/mol. The number of halogens is 3. The molecule has 1 saturated heterocycles. The summed E-state index contributed by atoms with van der Waals surface area (Å²) in [6, 6.07) is 4.28. The van der Waals surface area contributed by atoms with Gasteiger partial charge in [0, 0.05) is 12.5 Å². The lowest BCUT2D eigenvalue weighted by atomic mass is 9.82. The van der Waals surface area contributed by atoms with Crippen LogP contribution in [0.25, 0.3) is 0 Å². The maximum atomic E-state index is 13.2. The van der Waals surface area contributed by atoms with Crippen molar-refractivity contribution in [1.82, 2.24) is 10.6 Å². The first kappa shape index (κ1) is 19.3. The van der Waals surface area contributed by atoms with Crippen molar-refractivity contribution in [2.24, 2.45) is 5.41 Å². The van der Waals surface area contributed by atoms with Crippen molar-refractivity contribution in [2.45, 2.75) is 58.3 Å². The zero-order valence-corrected chi connectivity index (χ0v) is 14.5. The summed E-state index contributed by atoms with van der Waals surface area (Å²) in [7, 11) is 0. The molecule has 0 spiro atoms. The van der Waals surface area contributed by atoms with E-state index in [1.165, 1.54) is 12.1 Å². The lowest BCUT2D eigenvalue weighted by Crippen LogP contribution is -2.51. The summed E-state index contributed by atoms with van der Waals surface area (Å²) in [5, 5.41) is 5.40. The molecule has 7 heteroatoms. The fraction of sp³-hybridized carbons (Fsp3) is 0.556. The maximum absolute atomic E-state index is 13.2. The van der Waals surface area contributed by atoms with E-state index in [0.717, 1.165) is 6.07 Å². The predicted octanol–water partition coefficient (Wildman–Crippen LogP) is 3.06. The van der Waals surface area contributed by atoms with E-state index in [2.05, 4.69) is 10.6 Å². The van der Waals surface area contributed by atoms with Crippen LogP contribution < -0.4 is 10.6 Å². The van der Waals surface area contributed by atoms with E-state index in [1.54, 1.807) is 6.07 Å². The summed E-state index contributed by atoms with van der Waals surface area (Å²) >= 11 is 0. The van der Waals surface area contributed by atoms with Crippen molar-refractivity contribution in [3.8, 4) is 0 Å². The lowest BCUT2D eigenvalue weighted by molar-refractivity contribution is -0.138. The fourth-order valence-electron chi connectivity index (χ4n) is 2.85. The molecule has 1 aromatic carbocycles. The Bertz CT molecular complexity index is 650. The van der Waals surface area contributed by atoms with E-state index < -0.39 is 29.2 Å². The summed E-state index contributed by atoms with van der Waals surface area (Å²) < 4.78 is 39.6. The van der Waals surface area contributed by atoms with Gasteiger partial charge in [-0.2, -0.15) is 13.2 Å². The van der Waals surface area contributed by atoms with Gasteiger partial charge < -0.3 is 10.6 Å². The summed E-state index contributed by atoms with van der Waals surface area (Å²) in [5.41, 5.74) is -0.991. The SMILES string of the molecule is CC(C)(C)[C@@H](Cc1ccccc1C(F)(F)F)NC(=O)[C@H]1CCC(=O)N1. The number of alkyl halides is 3. The van der Waals surface area contributed by atoms with E-state index in [1.807, 2.05) is 20.8 Å². The van der Waals surface area contributed by atoms with E-state index >= 15 is 0 Å². The average molecular weight is 356 g/mol. The van der Waals surface area contributed by atoms with Gasteiger partial charge >= 0.3 is 6.18 Å². The molecule has 0 unspecified atom stereocenters. The van der Waals surface area contributed by atoms with Crippen LogP contribution in [0.4, 0.5) is 13.2 Å². The van der Waals surface area contributed by atoms with Crippen LogP contribution in [0.2, 0.25) is 0 Å². The number of amides is 2. The van der Waals surface area contributed by atoms with Crippen LogP contribution in [-0.4, -0.2) is 23.9 Å². The first-order valence-corrected chi connectivity index (χ1v) is 8.23. The second-order valence-electron chi connectivity index (χ2n) is 7.45. The zero-order valence-electron chi connectivity index (χ0n) is 14.5. The average Bonchev–Trinajstić information content (AvgIpc) is 2.91. The van der Waals surface area contributed by atoms with Crippen molar-refractivity contribution in [2.75, 3.05) is 0 Å². The first-order valence-electron chi connectivity index (χ1n) is 8.23. The molecule has 4 nitrogen and oxygen atoms in total. The molecule has 0 saturated carbocycles. The monoisotopic (exact) mass is 356 g/mol. The minimum absolute atomic E-state index is 0.0611. The molecule has 1 aromatic rings. The van der Waals surface area contributed by atoms with Gasteiger partial charge in [0.25, 0.3) is 0 Å². The summed E-state index contributed by atoms with van der Waals surface area (Å²) in [6.07, 6.45) is -3.69. The number of hydrogen-bond acceptors (Lipinski definition) is 2. The summed E-state index contributed by atoms with van der Waals surface area (Å²) in [5.74, 6) is -0.537. The van der Waals surface area contributed by atoms with Gasteiger partial charge in [-0.05, 0) is 29.9 Å². The Morgan fingerprint density at radius 2 is 1.92 bits per heavy atom. The first-order chi connectivity index (χ1) is 11.5. The highest BCUT2D eigenvalue weighted by Gasteiger charge is 2.36. The molecule has 2 atom stereocenters. The third-order valence-electron chi connectivity index (χ3n) is 4.42. The molecule has 0 aliphatic carbocycles. The number of carbonyl (C=O) groups is 2. The second kappa shape index (κ2) is 7.06. The molecule has 138 valence electrons. The minimum atomic E-state index is -4.44. The highest BCUT2D eigenvalue weighted by molar-refractivity contribution is 5.90. The smallest absolute Gasteiger partial charge is 0.351 e. The standard InChI is InChI=1S/C18H23F3N2O2/c1-17(2,3)14(23-16(25)13-8-9-15(24)22-13)10-11-6-4-5-7-12(11)18(19,20)21/h4-7,13-14H,8-10H2,1-3H3,(H,22,24)(H,23,25)/t13-,14-/m1/s1. The van der Waals surface area contributed by atoms with Gasteiger partial charge in [-0.25, -0.2) is 0 Å². The summed E-state index contributed by atoms with van der Waals surface area (Å²) in [6.45, 7) is 5.59. The van der Waals surface area contributed by atoms with Gasteiger partial charge in [0.2, 0.25) is 11.8 Å². The fourth-order valence-corrected chi connectivity index (χ4v) is 2.85. The van der Waals surface area contributed by atoms with Gasteiger partial charge in [0.1, 0.15) is 6.04 Å². The van der Waals surface area contributed by atoms with Gasteiger partial charge in [-0.15, -0.1) is 0 Å². The van der Waals surface area contributed by atoms with Gasteiger partial charge in [0.05, 0.1) is 5.56 Å². The third kappa shape index (κ3) is 4.96. The van der Waals surface area contributed by atoms with Crippen molar-refractivity contribution in [3.63, 3.8) is 0 Å². The third-order valence-corrected chi connectivity index (χ3v) is 4.42. The van der Waals surface area contributed by atoms with Gasteiger partial charge in [-0.3, -0.25) is 9.59 Å². The molecule has 1 heterocycles. The van der Waals surface area contributed by atoms with Crippen LogP contribution in [0.5, 0.6) is 0 Å². The summed E-state index contributed by atoms with van der Waals surface area (Å²) in [4.78, 5) is 23.6. The Labute approximate surface area is 145 Å². The number of carbonyl (C=O) groups excluding carboxylic acids is 2. The maximum Gasteiger partial charge on any atom is 0.416 e. The van der Waals surface area contributed by atoms with Crippen LogP contribution in [0.1, 0.15) is 44.7 Å². The number of hydrogen-bond donors (Lipinski definition) is 2. The Balaban J connectivity index is 2.20. The molecule has 1 aliphatic heterocycles. The molecule has 0 radical (unpaired) electrons. The topological polar surface area (TPSA) is 58.2 Å². The molecule has 1 aliphatic rings. The zero-order chi connectivity index (χ0) is 18.8. The lowest BCUT2D eigenvalue weighted by Gasteiger charge is -2.33. The van der Waals surface area contributed by atoms with Crippen molar-refractivity contribution in [1.29, 1.82) is 0 Å². The molecule has 25 heavy (non-hydrogen) atoms. The van der Waals surface area contributed by atoms with Gasteiger partial charge in [0.15, 0.2) is 0 Å². The van der Waals surface area contributed by atoms with Crippen molar-refractivity contribution >= 4 is 11.8 Å². The molecule has 0 bridgehead atoms. The van der Waals surface area contributed by atoms with Crippen LogP contribution >= 0.6 is 0 Å². The number of benzene rings is 1. The van der Waals surface area contributed by atoms with Gasteiger partial charge in [-0.1, -0.05) is 39.0 Å². The highest BCUT2D eigenvalue weighted by Crippen LogP contribution is 2.34. The van der Waals surface area contributed by atoms with E-state index in [9.17, 15) is 22.8 Å². The predicted molar refractivity (Wildman–Crippen MR) is 87.7 cm³/mol. The van der Waals surface area contributed by atoms with E-state index in [4.69, 9.17) is 0 Å². The quantitative estimate of drug-likeness (QED) is 0.871. The normalized spacial score (nSPS) is 19.4. The molecule has 1 fully saturated rings. The Kier molecular flexibility index (Phi) is 5.44. The largest absolute Gasteiger partial charge is 0.416 e.